The van der Waals surface area contributed by atoms with Crippen LogP contribution in [-0.4, -0.2) is 24.7 Å². The number of hydrogen-bond donors (Lipinski definition) is 1. The summed E-state index contributed by atoms with van der Waals surface area (Å²) < 4.78 is 0. The van der Waals surface area contributed by atoms with Crippen LogP contribution < -0.4 is 5.19 Å². The number of fused-ring (bicyclic) bond motifs is 2. The maximum Gasteiger partial charge on any atom is 0.178 e. The van der Waals surface area contributed by atoms with Crippen LogP contribution in [0.1, 0.15) is 27.7 Å². The number of benzene rings is 1. The van der Waals surface area contributed by atoms with Crippen molar-refractivity contribution < 1.29 is 9.90 Å². The van der Waals surface area contributed by atoms with E-state index < -0.39 is 8.07 Å². The Morgan fingerprint density at radius 1 is 1.07 bits per heavy atom. The van der Waals surface area contributed by atoms with Crippen LogP contribution in [0, 0.1) is 0 Å². The van der Waals surface area contributed by atoms with Gasteiger partial charge in [0.25, 0.3) is 0 Å². The molecular weight excluding hydrogens is 370 g/mol. The van der Waals surface area contributed by atoms with Gasteiger partial charge in [0.1, 0.15) is 13.8 Å². The summed E-state index contributed by atoms with van der Waals surface area (Å²) in [5.74, 6) is 0.328. The number of hydrogen-bond acceptors (Lipinski definition) is 4. The quantitative estimate of drug-likeness (QED) is 0.569. The molecule has 0 atom stereocenters. The van der Waals surface area contributed by atoms with Crippen LogP contribution in [-0.2, 0) is 4.79 Å². The molecule has 1 aromatic heterocycles. The molecule has 3 nitrogen and oxygen atoms in total. The molecule has 0 spiro atoms. The standard InChI is InChI=1S/C22H23NO2SSi/c1-13(2)27(14(3)4)20-12-15(24)7-8-16(20)23-17-9-10-18(25)21(22(17)27)19-6-5-11-26-19/h5-14,25H,1-4H3. The number of carbonyl (C=O) groups is 1. The van der Waals surface area contributed by atoms with Crippen molar-refractivity contribution in [1.82, 2.24) is 0 Å². The highest BCUT2D eigenvalue weighted by atomic mass is 32.1. The topological polar surface area (TPSA) is 49.7 Å². The van der Waals surface area contributed by atoms with Crippen molar-refractivity contribution in [2.24, 2.45) is 4.99 Å². The minimum Gasteiger partial charge on any atom is -0.507 e. The molecule has 1 aliphatic heterocycles. The van der Waals surface area contributed by atoms with Crippen LogP contribution >= 0.6 is 11.3 Å². The minimum absolute atomic E-state index is 0.0309. The average Bonchev–Trinajstić information content (AvgIpc) is 3.13. The third-order valence-corrected chi connectivity index (χ3v) is 13.0. The second-order valence-electron chi connectivity index (χ2n) is 7.80. The lowest BCUT2D eigenvalue weighted by Crippen LogP contribution is -2.59. The Morgan fingerprint density at radius 2 is 1.81 bits per heavy atom. The molecule has 0 saturated carbocycles. The Bertz CT molecular complexity index is 1010. The number of aliphatic imine (C=N–C) groups is 1. The van der Waals surface area contributed by atoms with E-state index in [-0.39, 0.29) is 5.78 Å². The number of aromatic hydroxyl groups is 1. The Balaban J connectivity index is 2.18. The molecule has 0 radical (unpaired) electrons. The van der Waals surface area contributed by atoms with Crippen molar-refractivity contribution >= 4 is 41.8 Å². The van der Waals surface area contributed by atoms with Gasteiger partial charge < -0.3 is 5.11 Å². The first-order chi connectivity index (χ1) is 12.9. The van der Waals surface area contributed by atoms with Crippen molar-refractivity contribution in [2.75, 3.05) is 0 Å². The Kier molecular flexibility index (Phi) is 4.32. The van der Waals surface area contributed by atoms with Gasteiger partial charge in [0.15, 0.2) is 5.78 Å². The summed E-state index contributed by atoms with van der Waals surface area (Å²) in [4.78, 5) is 18.3. The summed E-state index contributed by atoms with van der Waals surface area (Å²) in [7, 11) is -2.39. The van der Waals surface area contributed by atoms with E-state index in [0.717, 1.165) is 27.0 Å². The van der Waals surface area contributed by atoms with E-state index in [2.05, 4.69) is 33.8 Å². The largest absolute Gasteiger partial charge is 0.507 e. The fraction of sp³-hybridized carbons (Fsp3) is 0.273. The number of nitrogens with zero attached hydrogens (tertiary/aromatic N) is 1. The van der Waals surface area contributed by atoms with Gasteiger partial charge in [-0.25, -0.2) is 4.99 Å². The molecule has 0 unspecified atom stereocenters. The zero-order valence-corrected chi connectivity index (χ0v) is 17.8. The van der Waals surface area contributed by atoms with Gasteiger partial charge in [-0.2, -0.15) is 0 Å². The molecule has 2 aliphatic rings. The van der Waals surface area contributed by atoms with Crippen LogP contribution in [0.3, 0.4) is 0 Å². The number of rotatable bonds is 3. The summed E-state index contributed by atoms with van der Waals surface area (Å²) in [6, 6.07) is 7.75. The van der Waals surface area contributed by atoms with Gasteiger partial charge in [-0.05, 0) is 63.3 Å². The van der Waals surface area contributed by atoms with Crippen LogP contribution in [0.4, 0.5) is 5.69 Å². The highest BCUT2D eigenvalue weighted by Gasteiger charge is 2.52. The van der Waals surface area contributed by atoms with Crippen molar-refractivity contribution in [3.8, 4) is 16.2 Å². The first kappa shape index (κ1) is 18.1. The van der Waals surface area contributed by atoms with Gasteiger partial charge in [0.05, 0.1) is 11.4 Å². The molecule has 5 heteroatoms. The first-order valence-corrected chi connectivity index (χ1v) is 12.3. The number of phenols is 1. The summed E-state index contributed by atoms with van der Waals surface area (Å²) in [5.41, 5.74) is 3.47. The molecule has 0 bridgehead atoms. The minimum atomic E-state index is -2.39. The van der Waals surface area contributed by atoms with Gasteiger partial charge in [-0.3, -0.25) is 4.79 Å². The molecule has 27 heavy (non-hydrogen) atoms. The van der Waals surface area contributed by atoms with Crippen molar-refractivity contribution in [3.05, 3.63) is 53.1 Å². The smallest absolute Gasteiger partial charge is 0.178 e. The van der Waals surface area contributed by atoms with E-state index in [0.29, 0.717) is 16.8 Å². The van der Waals surface area contributed by atoms with E-state index in [1.54, 1.807) is 29.6 Å². The lowest BCUT2D eigenvalue weighted by atomic mass is 10.1. The molecule has 1 aromatic carbocycles. The normalized spacial score (nSPS) is 17.6. The highest BCUT2D eigenvalue weighted by molar-refractivity contribution is 7.14. The summed E-state index contributed by atoms with van der Waals surface area (Å²) in [5, 5.41) is 15.2. The van der Waals surface area contributed by atoms with Crippen LogP contribution in [0.2, 0.25) is 11.1 Å². The molecule has 2 aromatic rings. The Hall–Kier alpha value is -2.24. The lowest BCUT2D eigenvalue weighted by Gasteiger charge is -2.46. The summed E-state index contributed by atoms with van der Waals surface area (Å²) in [6.45, 7) is 9.02. The second-order valence-corrected chi connectivity index (χ2v) is 13.8. The second kappa shape index (κ2) is 6.43. The molecule has 1 N–H and O–H groups in total. The van der Waals surface area contributed by atoms with E-state index in [9.17, 15) is 9.90 Å². The van der Waals surface area contributed by atoms with Crippen molar-refractivity contribution in [1.29, 1.82) is 0 Å². The lowest BCUT2D eigenvalue weighted by molar-refractivity contribution is -0.110. The maximum atomic E-state index is 12.3. The molecule has 0 amide bonds. The molecule has 4 rings (SSSR count). The SMILES string of the molecule is CC(C)[Si]1(C(C)C)C2=CC(=O)C=CC2=Nc2ccc(O)c(-c3cccs3)c21. The van der Waals surface area contributed by atoms with Crippen molar-refractivity contribution in [2.45, 2.75) is 38.8 Å². The number of carbonyl (C=O) groups excluding carboxylic acids is 1. The molecule has 1 aliphatic carbocycles. The predicted octanol–water partition coefficient (Wildman–Crippen LogP) is 5.29. The highest BCUT2D eigenvalue weighted by Crippen LogP contribution is 2.48. The molecule has 2 heterocycles. The Labute approximate surface area is 164 Å². The fourth-order valence-electron chi connectivity index (χ4n) is 4.84. The van der Waals surface area contributed by atoms with E-state index >= 15 is 0 Å². The third-order valence-electron chi connectivity index (χ3n) is 5.82. The van der Waals surface area contributed by atoms with Gasteiger partial charge >= 0.3 is 0 Å². The number of thiophene rings is 1. The zero-order chi connectivity index (χ0) is 19.3. The van der Waals surface area contributed by atoms with Crippen LogP contribution in [0.25, 0.3) is 10.4 Å². The number of ketones is 1. The predicted molar refractivity (Wildman–Crippen MR) is 116 cm³/mol. The van der Waals surface area contributed by atoms with Gasteiger partial charge in [0, 0.05) is 10.4 Å². The van der Waals surface area contributed by atoms with Crippen LogP contribution in [0.5, 0.6) is 5.75 Å². The molecule has 0 saturated heterocycles. The van der Waals surface area contributed by atoms with E-state index in [4.69, 9.17) is 4.99 Å². The fourth-order valence-corrected chi connectivity index (χ4v) is 11.9. The molecule has 0 fully saturated rings. The summed E-state index contributed by atoms with van der Waals surface area (Å²) >= 11 is 1.63. The van der Waals surface area contributed by atoms with Gasteiger partial charge in [0.2, 0.25) is 0 Å². The third kappa shape index (κ3) is 2.52. The van der Waals surface area contributed by atoms with E-state index in [1.807, 2.05) is 23.6 Å². The monoisotopic (exact) mass is 393 g/mol. The van der Waals surface area contributed by atoms with Crippen molar-refractivity contribution in [3.63, 3.8) is 0 Å². The van der Waals surface area contributed by atoms with Gasteiger partial charge in [-0.1, -0.05) is 33.8 Å². The Morgan fingerprint density at radius 3 is 2.44 bits per heavy atom. The van der Waals surface area contributed by atoms with Crippen LogP contribution in [0.15, 0.2) is 58.1 Å². The van der Waals surface area contributed by atoms with Gasteiger partial charge in [-0.15, -0.1) is 11.3 Å². The average molecular weight is 394 g/mol. The molecular formula is C22H23NO2SSi. The number of phenolic OH excluding ortho intramolecular Hbond substituents is 1. The number of allylic oxidation sites excluding steroid dienone is 4. The zero-order valence-electron chi connectivity index (χ0n) is 16.0. The van der Waals surface area contributed by atoms with E-state index in [1.165, 1.54) is 5.19 Å². The maximum absolute atomic E-state index is 12.3. The summed E-state index contributed by atoms with van der Waals surface area (Å²) in [6.07, 6.45) is 5.27. The molecule has 138 valence electrons. The first-order valence-electron chi connectivity index (χ1n) is 9.31.